The van der Waals surface area contributed by atoms with Crippen LogP contribution >= 0.6 is 24.8 Å². The van der Waals surface area contributed by atoms with Crippen molar-refractivity contribution in [1.29, 1.82) is 0 Å². The van der Waals surface area contributed by atoms with Crippen LogP contribution in [-0.4, -0.2) is 27.1 Å². The van der Waals surface area contributed by atoms with Gasteiger partial charge in [0.25, 0.3) is 0 Å². The first-order valence-corrected chi connectivity index (χ1v) is 3.24. The molecule has 0 fully saturated rings. The topological polar surface area (TPSA) is 114 Å². The third-order valence-corrected chi connectivity index (χ3v) is 1.40. The molecule has 84 valence electrons. The van der Waals surface area contributed by atoms with Crippen molar-refractivity contribution in [2.45, 2.75) is 0 Å². The number of halogens is 2. The molecule has 0 radical (unpaired) electrons. The summed E-state index contributed by atoms with van der Waals surface area (Å²) in [6.07, 6.45) is 1.00. The summed E-state index contributed by atoms with van der Waals surface area (Å²) in [4.78, 5) is 24.3. The average Bonchev–Trinajstić information content (AvgIpc) is 2.04. The van der Waals surface area contributed by atoms with Crippen LogP contribution in [-0.2, 0) is 0 Å². The third-order valence-electron chi connectivity index (χ3n) is 1.40. The van der Waals surface area contributed by atoms with Gasteiger partial charge in [0, 0.05) is 6.20 Å². The molecule has 4 N–H and O–H groups in total. The van der Waals surface area contributed by atoms with Gasteiger partial charge in [-0.25, -0.2) is 14.6 Å². The number of rotatable bonds is 2. The van der Waals surface area contributed by atoms with E-state index >= 15 is 0 Å². The molecular formula is C7H8Cl2N2O4. The van der Waals surface area contributed by atoms with E-state index in [9.17, 15) is 9.59 Å². The summed E-state index contributed by atoms with van der Waals surface area (Å²) < 4.78 is 0. The number of aromatic nitrogens is 1. The second kappa shape index (κ2) is 6.05. The molecule has 1 rings (SSSR count). The molecule has 0 aliphatic rings. The number of nitrogen functional groups attached to an aromatic ring is 1. The van der Waals surface area contributed by atoms with E-state index in [-0.39, 0.29) is 41.8 Å². The standard InChI is InChI=1S/C7H6N2O4.2ClH/c8-5-4(7(12)13)1-3(2-9-5)6(10)11;;/h1-2H,(H2,8,9)(H,10,11)(H,12,13);2*1H. The quantitative estimate of drug-likeness (QED) is 0.723. The molecule has 0 spiro atoms. The van der Waals surface area contributed by atoms with E-state index in [0.717, 1.165) is 12.3 Å². The zero-order valence-corrected chi connectivity index (χ0v) is 8.84. The van der Waals surface area contributed by atoms with E-state index in [4.69, 9.17) is 15.9 Å². The number of nitrogens with zero attached hydrogens (tertiary/aromatic N) is 1. The number of pyridine rings is 1. The Morgan fingerprint density at radius 2 is 1.73 bits per heavy atom. The minimum Gasteiger partial charge on any atom is -0.478 e. The largest absolute Gasteiger partial charge is 0.478 e. The summed E-state index contributed by atoms with van der Waals surface area (Å²) in [7, 11) is 0. The van der Waals surface area contributed by atoms with Crippen molar-refractivity contribution in [2.24, 2.45) is 0 Å². The first kappa shape index (κ1) is 15.9. The Kier molecular flexibility index (Phi) is 6.42. The van der Waals surface area contributed by atoms with Crippen molar-refractivity contribution in [3.63, 3.8) is 0 Å². The highest BCUT2D eigenvalue weighted by atomic mass is 35.5. The lowest BCUT2D eigenvalue weighted by Crippen LogP contribution is -2.07. The molecular weight excluding hydrogens is 247 g/mol. The number of carboxylic acid groups (broad SMARTS) is 2. The van der Waals surface area contributed by atoms with Gasteiger partial charge in [0.05, 0.1) is 5.56 Å². The van der Waals surface area contributed by atoms with Crippen LogP contribution in [0.25, 0.3) is 0 Å². The van der Waals surface area contributed by atoms with E-state index in [2.05, 4.69) is 4.98 Å². The summed E-state index contributed by atoms with van der Waals surface area (Å²) in [5, 5.41) is 17.1. The number of carboxylic acids is 2. The lowest BCUT2D eigenvalue weighted by Gasteiger charge is -1.99. The Balaban J connectivity index is 0. The number of carbonyl (C=O) groups is 2. The van der Waals surface area contributed by atoms with Gasteiger partial charge in [-0.2, -0.15) is 0 Å². The van der Waals surface area contributed by atoms with Crippen molar-refractivity contribution >= 4 is 42.6 Å². The minimum atomic E-state index is -1.30. The Bertz CT molecular complexity index is 383. The van der Waals surface area contributed by atoms with Crippen molar-refractivity contribution < 1.29 is 19.8 Å². The highest BCUT2D eigenvalue weighted by Gasteiger charge is 2.12. The molecule has 0 atom stereocenters. The third kappa shape index (κ3) is 3.61. The fraction of sp³-hybridized carbons (Fsp3) is 0. The summed E-state index contributed by atoms with van der Waals surface area (Å²) in [6.45, 7) is 0. The number of hydrogen-bond donors (Lipinski definition) is 3. The van der Waals surface area contributed by atoms with E-state index in [0.29, 0.717) is 0 Å². The maximum Gasteiger partial charge on any atom is 0.339 e. The Morgan fingerprint density at radius 1 is 1.20 bits per heavy atom. The van der Waals surface area contributed by atoms with Crippen LogP contribution < -0.4 is 5.73 Å². The van der Waals surface area contributed by atoms with Gasteiger partial charge in [-0.3, -0.25) is 0 Å². The van der Waals surface area contributed by atoms with Crippen LogP contribution in [0.5, 0.6) is 0 Å². The highest BCUT2D eigenvalue weighted by Crippen LogP contribution is 2.10. The summed E-state index contributed by atoms with van der Waals surface area (Å²) >= 11 is 0. The van der Waals surface area contributed by atoms with Gasteiger partial charge in [0.1, 0.15) is 11.4 Å². The first-order valence-electron chi connectivity index (χ1n) is 3.24. The fourth-order valence-corrected chi connectivity index (χ4v) is 0.764. The molecule has 1 aromatic rings. The van der Waals surface area contributed by atoms with Gasteiger partial charge in [-0.05, 0) is 6.07 Å². The number of hydrogen-bond acceptors (Lipinski definition) is 4. The van der Waals surface area contributed by atoms with E-state index < -0.39 is 11.9 Å². The predicted octanol–water partition coefficient (Wildman–Crippen LogP) is 0.904. The number of nitrogens with two attached hydrogens (primary N) is 1. The molecule has 0 amide bonds. The molecule has 0 aliphatic heterocycles. The maximum atomic E-state index is 10.5. The molecule has 0 saturated heterocycles. The van der Waals surface area contributed by atoms with Crippen LogP contribution in [0.1, 0.15) is 20.7 Å². The van der Waals surface area contributed by atoms with Crippen molar-refractivity contribution in [3.8, 4) is 0 Å². The Morgan fingerprint density at radius 3 is 2.13 bits per heavy atom. The van der Waals surface area contributed by atoms with Gasteiger partial charge in [-0.15, -0.1) is 24.8 Å². The van der Waals surface area contributed by atoms with Gasteiger partial charge < -0.3 is 15.9 Å². The van der Waals surface area contributed by atoms with Crippen LogP contribution in [0.3, 0.4) is 0 Å². The van der Waals surface area contributed by atoms with Gasteiger partial charge in [-0.1, -0.05) is 0 Å². The molecule has 0 aromatic carbocycles. The summed E-state index contributed by atoms with van der Waals surface area (Å²) in [5.41, 5.74) is 4.70. The Hall–Kier alpha value is -1.53. The molecule has 0 unspecified atom stereocenters. The van der Waals surface area contributed by atoms with Crippen LogP contribution in [0.15, 0.2) is 12.3 Å². The molecule has 15 heavy (non-hydrogen) atoms. The van der Waals surface area contributed by atoms with Crippen LogP contribution in [0.4, 0.5) is 5.82 Å². The van der Waals surface area contributed by atoms with Crippen molar-refractivity contribution in [3.05, 3.63) is 23.4 Å². The molecule has 0 aliphatic carbocycles. The second-order valence-corrected chi connectivity index (χ2v) is 2.27. The van der Waals surface area contributed by atoms with Crippen molar-refractivity contribution in [2.75, 3.05) is 5.73 Å². The molecule has 6 nitrogen and oxygen atoms in total. The normalized spacial score (nSPS) is 8.27. The van der Waals surface area contributed by atoms with E-state index in [1.54, 1.807) is 0 Å². The monoisotopic (exact) mass is 254 g/mol. The van der Waals surface area contributed by atoms with Crippen molar-refractivity contribution in [1.82, 2.24) is 4.98 Å². The zero-order chi connectivity index (χ0) is 10.0. The average molecular weight is 255 g/mol. The minimum absolute atomic E-state index is 0. The molecule has 1 heterocycles. The molecule has 0 bridgehead atoms. The van der Waals surface area contributed by atoms with Crippen LogP contribution in [0.2, 0.25) is 0 Å². The lowest BCUT2D eigenvalue weighted by atomic mass is 10.2. The van der Waals surface area contributed by atoms with Gasteiger partial charge in [0.15, 0.2) is 0 Å². The number of aromatic carboxylic acids is 2. The SMILES string of the molecule is Cl.Cl.Nc1ncc(C(=O)O)cc1C(=O)O. The molecule has 1 aromatic heterocycles. The second-order valence-electron chi connectivity index (χ2n) is 2.27. The molecule has 0 saturated carbocycles. The Labute approximate surface area is 96.9 Å². The van der Waals surface area contributed by atoms with E-state index in [1.807, 2.05) is 0 Å². The maximum absolute atomic E-state index is 10.5. The zero-order valence-electron chi connectivity index (χ0n) is 7.21. The fourth-order valence-electron chi connectivity index (χ4n) is 0.764. The van der Waals surface area contributed by atoms with E-state index in [1.165, 1.54) is 0 Å². The first-order chi connectivity index (χ1) is 6.02. The lowest BCUT2D eigenvalue weighted by molar-refractivity contribution is 0.0696. The smallest absolute Gasteiger partial charge is 0.339 e. The van der Waals surface area contributed by atoms with Gasteiger partial charge >= 0.3 is 11.9 Å². The highest BCUT2D eigenvalue weighted by molar-refractivity contribution is 5.96. The predicted molar refractivity (Wildman–Crippen MR) is 57.1 cm³/mol. The molecule has 8 heteroatoms. The van der Waals surface area contributed by atoms with Crippen LogP contribution in [0, 0.1) is 0 Å². The number of anilines is 1. The summed E-state index contributed by atoms with van der Waals surface area (Å²) in [5.74, 6) is -2.74. The summed E-state index contributed by atoms with van der Waals surface area (Å²) in [6, 6.07) is 0.965. The van der Waals surface area contributed by atoms with Gasteiger partial charge in [0.2, 0.25) is 0 Å².